The summed E-state index contributed by atoms with van der Waals surface area (Å²) in [5.41, 5.74) is 3.92. The minimum atomic E-state index is -0.243. The summed E-state index contributed by atoms with van der Waals surface area (Å²) in [6, 6.07) is 12.0. The standard InChI is InChI=1S/C25H30N2O5/c1-16-5-11-21-22(13-16)26(15-18-6-12-23(30-3)24(14-18)31-4)25(29)27(21)19-7-9-20(10-8-19)32-17(2)28/h5-6,11-14,19-20H,7-10,15H2,1-4H3. The van der Waals surface area contributed by atoms with Crippen LogP contribution in [0.3, 0.4) is 0 Å². The van der Waals surface area contributed by atoms with Gasteiger partial charge in [-0.25, -0.2) is 4.79 Å². The van der Waals surface area contributed by atoms with Crippen molar-refractivity contribution in [2.45, 2.75) is 58.2 Å². The van der Waals surface area contributed by atoms with Crippen LogP contribution in [0.15, 0.2) is 41.2 Å². The molecule has 1 heterocycles. The molecule has 0 bridgehead atoms. The van der Waals surface area contributed by atoms with Crippen molar-refractivity contribution in [2.24, 2.45) is 0 Å². The van der Waals surface area contributed by atoms with Gasteiger partial charge in [-0.1, -0.05) is 12.1 Å². The molecule has 2 aromatic carbocycles. The summed E-state index contributed by atoms with van der Waals surface area (Å²) in [6.07, 6.45) is 3.10. The number of esters is 1. The quantitative estimate of drug-likeness (QED) is 0.539. The van der Waals surface area contributed by atoms with Crippen molar-refractivity contribution >= 4 is 17.0 Å². The normalized spacial score (nSPS) is 18.5. The Hall–Kier alpha value is -3.22. The van der Waals surface area contributed by atoms with Crippen molar-refractivity contribution < 1.29 is 19.0 Å². The molecule has 3 aromatic rings. The van der Waals surface area contributed by atoms with Crippen LogP contribution < -0.4 is 15.2 Å². The molecule has 0 atom stereocenters. The van der Waals surface area contributed by atoms with Crippen molar-refractivity contribution in [1.82, 2.24) is 9.13 Å². The van der Waals surface area contributed by atoms with Crippen LogP contribution in [0.25, 0.3) is 11.0 Å². The van der Waals surface area contributed by atoms with Crippen molar-refractivity contribution in [3.05, 3.63) is 58.0 Å². The Kier molecular flexibility index (Phi) is 6.26. The summed E-state index contributed by atoms with van der Waals surface area (Å²) in [4.78, 5) is 24.9. The lowest BCUT2D eigenvalue weighted by Gasteiger charge is -2.28. The number of carbonyl (C=O) groups excluding carboxylic acids is 1. The van der Waals surface area contributed by atoms with E-state index in [2.05, 4.69) is 6.07 Å². The second-order valence-corrected chi connectivity index (χ2v) is 8.46. The van der Waals surface area contributed by atoms with Crippen molar-refractivity contribution in [2.75, 3.05) is 14.2 Å². The Labute approximate surface area is 187 Å². The van der Waals surface area contributed by atoms with E-state index in [0.29, 0.717) is 18.0 Å². The van der Waals surface area contributed by atoms with Gasteiger partial charge < -0.3 is 14.2 Å². The molecule has 32 heavy (non-hydrogen) atoms. The number of fused-ring (bicyclic) bond motifs is 1. The van der Waals surface area contributed by atoms with E-state index in [1.807, 2.05) is 46.4 Å². The van der Waals surface area contributed by atoms with Gasteiger partial charge in [-0.2, -0.15) is 0 Å². The SMILES string of the molecule is COc1ccc(Cn2c(=O)n(C3CCC(OC(C)=O)CC3)c3ccc(C)cc32)cc1OC. The molecule has 0 N–H and O–H groups in total. The summed E-state index contributed by atoms with van der Waals surface area (Å²) in [6.45, 7) is 3.92. The fraction of sp³-hybridized carbons (Fsp3) is 0.440. The van der Waals surface area contributed by atoms with Crippen molar-refractivity contribution in [3.8, 4) is 11.5 Å². The predicted octanol–water partition coefficient (Wildman–Crippen LogP) is 4.22. The van der Waals surface area contributed by atoms with E-state index < -0.39 is 0 Å². The monoisotopic (exact) mass is 438 g/mol. The molecule has 1 saturated carbocycles. The third-order valence-electron chi connectivity index (χ3n) is 6.25. The second kappa shape index (κ2) is 9.10. The number of benzene rings is 2. The Morgan fingerprint density at radius 2 is 1.69 bits per heavy atom. The van der Waals surface area contributed by atoms with Crippen LogP contribution in [-0.4, -0.2) is 35.4 Å². The number of nitrogens with zero attached hydrogens (tertiary/aromatic N) is 2. The van der Waals surface area contributed by atoms with Gasteiger partial charge in [0.2, 0.25) is 0 Å². The molecule has 7 nitrogen and oxygen atoms in total. The Morgan fingerprint density at radius 3 is 2.34 bits per heavy atom. The van der Waals surface area contributed by atoms with E-state index >= 15 is 0 Å². The van der Waals surface area contributed by atoms with Gasteiger partial charge in [0.1, 0.15) is 6.10 Å². The highest BCUT2D eigenvalue weighted by Gasteiger charge is 2.27. The smallest absolute Gasteiger partial charge is 0.329 e. The number of methoxy groups -OCH3 is 2. The highest BCUT2D eigenvalue weighted by molar-refractivity contribution is 5.77. The average Bonchev–Trinajstić information content (AvgIpc) is 3.04. The lowest BCUT2D eigenvalue weighted by atomic mass is 9.92. The van der Waals surface area contributed by atoms with Crippen LogP contribution in [-0.2, 0) is 16.1 Å². The first-order valence-corrected chi connectivity index (χ1v) is 11.0. The summed E-state index contributed by atoms with van der Waals surface area (Å²) in [5, 5.41) is 0. The molecule has 0 spiro atoms. The van der Waals surface area contributed by atoms with Gasteiger partial charge in [-0.15, -0.1) is 0 Å². The van der Waals surface area contributed by atoms with Crippen molar-refractivity contribution in [1.29, 1.82) is 0 Å². The lowest BCUT2D eigenvalue weighted by molar-refractivity contribution is -0.148. The van der Waals surface area contributed by atoms with Gasteiger partial charge in [-0.05, 0) is 68.0 Å². The average molecular weight is 439 g/mol. The van der Waals surface area contributed by atoms with Crippen LogP contribution in [0.4, 0.5) is 0 Å². The number of carbonyl (C=O) groups is 1. The zero-order valence-electron chi connectivity index (χ0n) is 19.1. The zero-order chi connectivity index (χ0) is 22.8. The molecular formula is C25H30N2O5. The van der Waals surface area contributed by atoms with Gasteiger partial charge in [0, 0.05) is 13.0 Å². The van der Waals surface area contributed by atoms with Crippen molar-refractivity contribution in [3.63, 3.8) is 0 Å². The number of ether oxygens (including phenoxy) is 3. The molecule has 0 radical (unpaired) electrons. The largest absolute Gasteiger partial charge is 0.493 e. The first-order chi connectivity index (χ1) is 15.4. The Bertz CT molecular complexity index is 1180. The number of imidazole rings is 1. The van der Waals surface area contributed by atoms with Gasteiger partial charge in [0.15, 0.2) is 11.5 Å². The number of rotatable bonds is 6. The molecule has 0 unspecified atom stereocenters. The van der Waals surface area contributed by atoms with Crippen LogP contribution in [0, 0.1) is 6.92 Å². The number of hydrogen-bond donors (Lipinski definition) is 0. The maximum absolute atomic E-state index is 13.6. The summed E-state index contributed by atoms with van der Waals surface area (Å²) < 4.78 is 19.9. The fourth-order valence-electron chi connectivity index (χ4n) is 4.71. The lowest BCUT2D eigenvalue weighted by Crippen LogP contribution is -2.32. The molecule has 7 heteroatoms. The van der Waals surface area contributed by atoms with E-state index in [0.717, 1.165) is 47.8 Å². The van der Waals surface area contributed by atoms with E-state index in [4.69, 9.17) is 14.2 Å². The van der Waals surface area contributed by atoms with Gasteiger partial charge >= 0.3 is 11.7 Å². The predicted molar refractivity (Wildman–Crippen MR) is 123 cm³/mol. The van der Waals surface area contributed by atoms with Gasteiger partial charge in [-0.3, -0.25) is 13.9 Å². The molecule has 0 aliphatic heterocycles. The minimum Gasteiger partial charge on any atom is -0.493 e. The molecule has 0 saturated heterocycles. The van der Waals surface area contributed by atoms with E-state index in [-0.39, 0.29) is 23.8 Å². The first-order valence-electron chi connectivity index (χ1n) is 11.0. The minimum absolute atomic E-state index is 0.0173. The number of hydrogen-bond acceptors (Lipinski definition) is 5. The zero-order valence-corrected chi connectivity index (χ0v) is 19.1. The Morgan fingerprint density at radius 1 is 0.969 bits per heavy atom. The van der Waals surface area contributed by atoms with E-state index in [9.17, 15) is 9.59 Å². The molecular weight excluding hydrogens is 408 g/mol. The van der Waals surface area contributed by atoms with Crippen LogP contribution >= 0.6 is 0 Å². The topological polar surface area (TPSA) is 71.7 Å². The van der Waals surface area contributed by atoms with Crippen LogP contribution in [0.5, 0.6) is 11.5 Å². The Balaban J connectivity index is 1.70. The number of aromatic nitrogens is 2. The second-order valence-electron chi connectivity index (χ2n) is 8.46. The highest BCUT2D eigenvalue weighted by Crippen LogP contribution is 2.33. The van der Waals surface area contributed by atoms with E-state index in [1.165, 1.54) is 6.92 Å². The molecule has 4 rings (SSSR count). The fourth-order valence-corrected chi connectivity index (χ4v) is 4.71. The highest BCUT2D eigenvalue weighted by atomic mass is 16.5. The third-order valence-corrected chi connectivity index (χ3v) is 6.25. The third kappa shape index (κ3) is 4.24. The first kappa shape index (κ1) is 22.0. The molecule has 1 aromatic heterocycles. The number of aryl methyl sites for hydroxylation is 1. The van der Waals surface area contributed by atoms with Crippen LogP contribution in [0.2, 0.25) is 0 Å². The molecule has 1 aliphatic carbocycles. The molecule has 0 amide bonds. The van der Waals surface area contributed by atoms with E-state index in [1.54, 1.807) is 14.2 Å². The molecule has 1 fully saturated rings. The van der Waals surface area contributed by atoms with Crippen LogP contribution in [0.1, 0.15) is 49.8 Å². The summed E-state index contributed by atoms with van der Waals surface area (Å²) in [7, 11) is 3.21. The molecule has 170 valence electrons. The molecule has 1 aliphatic rings. The van der Waals surface area contributed by atoms with Gasteiger partial charge in [0.05, 0.1) is 31.8 Å². The maximum Gasteiger partial charge on any atom is 0.329 e. The van der Waals surface area contributed by atoms with Gasteiger partial charge in [0.25, 0.3) is 0 Å². The summed E-state index contributed by atoms with van der Waals surface area (Å²) >= 11 is 0. The summed E-state index contributed by atoms with van der Waals surface area (Å²) in [5.74, 6) is 1.06. The maximum atomic E-state index is 13.6.